The van der Waals surface area contributed by atoms with Gasteiger partial charge in [-0.25, -0.2) is 8.42 Å². The second kappa shape index (κ2) is 5.54. The van der Waals surface area contributed by atoms with E-state index in [9.17, 15) is 13.2 Å². The number of carbonyl (C=O) groups is 1. The molecule has 1 aliphatic heterocycles. The molecule has 1 heterocycles. The van der Waals surface area contributed by atoms with Crippen LogP contribution in [-0.4, -0.2) is 31.7 Å². The lowest BCUT2D eigenvalue weighted by Crippen LogP contribution is -2.24. The number of hydrogen-bond acceptors (Lipinski definition) is 4. The molecule has 5 heteroatoms. The monoisotopic (exact) mass is 307 g/mol. The molecule has 0 spiro atoms. The predicted molar refractivity (Wildman–Crippen MR) is 82.1 cm³/mol. The van der Waals surface area contributed by atoms with Crippen LogP contribution in [-0.2, 0) is 9.84 Å². The fourth-order valence-electron chi connectivity index (χ4n) is 3.06. The van der Waals surface area contributed by atoms with Gasteiger partial charge in [0.05, 0.1) is 11.5 Å². The molecule has 0 bridgehead atoms. The van der Waals surface area contributed by atoms with Gasteiger partial charge >= 0.3 is 0 Å². The molecule has 0 radical (unpaired) electrons. The van der Waals surface area contributed by atoms with Gasteiger partial charge in [0, 0.05) is 23.9 Å². The Kier molecular flexibility index (Phi) is 3.88. The van der Waals surface area contributed by atoms with Crippen LogP contribution in [0.2, 0.25) is 0 Å². The van der Waals surface area contributed by atoms with Crippen LogP contribution in [0.3, 0.4) is 0 Å². The Hall–Kier alpha value is -1.20. The summed E-state index contributed by atoms with van der Waals surface area (Å²) in [7, 11) is -2.86. The third-order valence-corrected chi connectivity index (χ3v) is 6.34. The molecule has 2 fully saturated rings. The van der Waals surface area contributed by atoms with Crippen molar-refractivity contribution in [3.63, 3.8) is 0 Å². The molecule has 1 saturated heterocycles. The van der Waals surface area contributed by atoms with Crippen LogP contribution in [0, 0.1) is 5.92 Å². The highest BCUT2D eigenvalue weighted by Gasteiger charge is 2.35. The molecule has 2 aliphatic rings. The Morgan fingerprint density at radius 1 is 1.24 bits per heavy atom. The maximum absolute atomic E-state index is 12.4. The number of ketones is 1. The van der Waals surface area contributed by atoms with E-state index in [0.717, 1.165) is 17.5 Å². The molecule has 2 unspecified atom stereocenters. The lowest BCUT2D eigenvalue weighted by Gasteiger charge is -2.21. The van der Waals surface area contributed by atoms with Gasteiger partial charge in [-0.1, -0.05) is 18.2 Å². The van der Waals surface area contributed by atoms with Gasteiger partial charge in [-0.2, -0.15) is 0 Å². The SMILES string of the molecule is NC1CC1c1cccc(C(=O)CC2CCS(=O)(=O)CC2)c1. The first kappa shape index (κ1) is 14.7. The molecule has 0 amide bonds. The van der Waals surface area contributed by atoms with Crippen molar-refractivity contribution in [3.8, 4) is 0 Å². The minimum absolute atomic E-state index is 0.121. The number of carbonyl (C=O) groups excluding carboxylic acids is 1. The van der Waals surface area contributed by atoms with Gasteiger partial charge in [-0.3, -0.25) is 4.79 Å². The number of sulfone groups is 1. The van der Waals surface area contributed by atoms with Crippen molar-refractivity contribution < 1.29 is 13.2 Å². The minimum Gasteiger partial charge on any atom is -0.327 e. The van der Waals surface area contributed by atoms with E-state index in [0.29, 0.717) is 25.2 Å². The van der Waals surface area contributed by atoms with E-state index in [2.05, 4.69) is 0 Å². The van der Waals surface area contributed by atoms with E-state index >= 15 is 0 Å². The summed E-state index contributed by atoms with van der Waals surface area (Å²) >= 11 is 0. The van der Waals surface area contributed by atoms with Crippen LogP contribution in [0.1, 0.15) is 47.5 Å². The number of nitrogens with two attached hydrogens (primary N) is 1. The third-order valence-electron chi connectivity index (χ3n) is 4.62. The molecule has 21 heavy (non-hydrogen) atoms. The number of hydrogen-bond donors (Lipinski definition) is 1. The van der Waals surface area contributed by atoms with Gasteiger partial charge in [0.25, 0.3) is 0 Å². The molecular formula is C16H21NO3S. The Balaban J connectivity index is 1.63. The molecule has 114 valence electrons. The summed E-state index contributed by atoms with van der Waals surface area (Å²) < 4.78 is 22.8. The largest absolute Gasteiger partial charge is 0.327 e. The van der Waals surface area contributed by atoms with Crippen molar-refractivity contribution in [3.05, 3.63) is 35.4 Å². The summed E-state index contributed by atoms with van der Waals surface area (Å²) in [5.41, 5.74) is 7.75. The fraction of sp³-hybridized carbons (Fsp3) is 0.562. The molecule has 1 aromatic rings. The van der Waals surface area contributed by atoms with E-state index in [1.165, 1.54) is 0 Å². The second-order valence-corrected chi connectivity index (χ2v) is 8.66. The lowest BCUT2D eigenvalue weighted by atomic mass is 9.92. The van der Waals surface area contributed by atoms with E-state index < -0.39 is 9.84 Å². The van der Waals surface area contributed by atoms with E-state index in [1.54, 1.807) is 0 Å². The van der Waals surface area contributed by atoms with Crippen LogP contribution < -0.4 is 5.73 Å². The smallest absolute Gasteiger partial charge is 0.163 e. The van der Waals surface area contributed by atoms with Crippen LogP contribution in [0.4, 0.5) is 0 Å². The van der Waals surface area contributed by atoms with E-state index in [1.807, 2.05) is 24.3 Å². The van der Waals surface area contributed by atoms with Gasteiger partial charge in [-0.05, 0) is 36.8 Å². The predicted octanol–water partition coefficient (Wildman–Crippen LogP) is 1.90. The first-order valence-electron chi connectivity index (χ1n) is 7.54. The van der Waals surface area contributed by atoms with Crippen LogP contribution in [0.25, 0.3) is 0 Å². The quantitative estimate of drug-likeness (QED) is 0.862. The van der Waals surface area contributed by atoms with Gasteiger partial charge in [0.1, 0.15) is 9.84 Å². The normalized spacial score (nSPS) is 28.2. The first-order valence-corrected chi connectivity index (χ1v) is 9.36. The van der Waals surface area contributed by atoms with Crippen molar-refractivity contribution in [1.82, 2.24) is 0 Å². The topological polar surface area (TPSA) is 77.2 Å². The molecule has 1 aliphatic carbocycles. The fourth-order valence-corrected chi connectivity index (χ4v) is 4.65. The molecule has 3 rings (SSSR count). The number of benzene rings is 1. The summed E-state index contributed by atoms with van der Waals surface area (Å²) in [6, 6.07) is 7.98. The highest BCUT2D eigenvalue weighted by molar-refractivity contribution is 7.91. The molecule has 1 saturated carbocycles. The maximum Gasteiger partial charge on any atom is 0.163 e. The molecule has 0 aromatic heterocycles. The zero-order valence-electron chi connectivity index (χ0n) is 12.0. The summed E-state index contributed by atoms with van der Waals surface area (Å²) in [5.74, 6) is 1.17. The van der Waals surface area contributed by atoms with Gasteiger partial charge in [-0.15, -0.1) is 0 Å². The molecule has 4 nitrogen and oxygen atoms in total. The van der Waals surface area contributed by atoms with Crippen molar-refractivity contribution in [2.45, 2.75) is 37.6 Å². The van der Waals surface area contributed by atoms with Crippen molar-refractivity contribution >= 4 is 15.6 Å². The standard InChI is InChI=1S/C16H21NO3S/c17-15-10-14(15)12-2-1-3-13(9-12)16(18)8-11-4-6-21(19,20)7-5-11/h1-3,9,11,14-15H,4-8,10,17H2. The van der Waals surface area contributed by atoms with Crippen LogP contribution >= 0.6 is 0 Å². The van der Waals surface area contributed by atoms with E-state index in [4.69, 9.17) is 5.73 Å². The zero-order chi connectivity index (χ0) is 15.0. The summed E-state index contributed by atoms with van der Waals surface area (Å²) in [6.45, 7) is 0. The Morgan fingerprint density at radius 2 is 1.90 bits per heavy atom. The average molecular weight is 307 g/mol. The lowest BCUT2D eigenvalue weighted by molar-refractivity contribution is 0.0958. The molecule has 1 aromatic carbocycles. The third kappa shape index (κ3) is 3.52. The second-order valence-electron chi connectivity index (χ2n) is 6.35. The van der Waals surface area contributed by atoms with Crippen LogP contribution in [0.15, 0.2) is 24.3 Å². The van der Waals surface area contributed by atoms with Crippen molar-refractivity contribution in [2.24, 2.45) is 11.7 Å². The Labute approximate surface area is 125 Å². The Morgan fingerprint density at radius 3 is 2.52 bits per heavy atom. The molecule has 2 atom stereocenters. The van der Waals surface area contributed by atoms with Gasteiger partial charge in [0.15, 0.2) is 5.78 Å². The summed E-state index contributed by atoms with van der Waals surface area (Å²) in [5, 5.41) is 0. The highest BCUT2D eigenvalue weighted by Crippen LogP contribution is 2.39. The van der Waals surface area contributed by atoms with Crippen molar-refractivity contribution in [1.29, 1.82) is 0 Å². The summed E-state index contributed by atoms with van der Waals surface area (Å²) in [4.78, 5) is 12.4. The summed E-state index contributed by atoms with van der Waals surface area (Å²) in [6.07, 6.45) is 2.68. The molecular weight excluding hydrogens is 286 g/mol. The van der Waals surface area contributed by atoms with Gasteiger partial charge in [0.2, 0.25) is 0 Å². The maximum atomic E-state index is 12.4. The Bertz CT molecular complexity index is 639. The minimum atomic E-state index is -2.86. The molecule has 2 N–H and O–H groups in total. The number of Topliss-reactive ketones (excluding diaryl/α,β-unsaturated/α-hetero) is 1. The van der Waals surface area contributed by atoms with Crippen molar-refractivity contribution in [2.75, 3.05) is 11.5 Å². The number of rotatable bonds is 4. The van der Waals surface area contributed by atoms with Crippen LogP contribution in [0.5, 0.6) is 0 Å². The first-order chi connectivity index (χ1) is 9.94. The van der Waals surface area contributed by atoms with E-state index in [-0.39, 0.29) is 29.2 Å². The van der Waals surface area contributed by atoms with Gasteiger partial charge < -0.3 is 5.73 Å². The highest BCUT2D eigenvalue weighted by atomic mass is 32.2. The average Bonchev–Trinajstić information content (AvgIpc) is 3.18. The zero-order valence-corrected chi connectivity index (χ0v) is 12.8.